The normalized spacial score (nSPS) is 16.1. The highest BCUT2D eigenvalue weighted by Crippen LogP contribution is 2.43. The number of hydrogen-bond donors (Lipinski definition) is 6. The number of sulfonamides is 3. The van der Waals surface area contributed by atoms with E-state index in [0.29, 0.717) is 102 Å². The summed E-state index contributed by atoms with van der Waals surface area (Å²) in [4.78, 5) is 48.6. The van der Waals surface area contributed by atoms with Gasteiger partial charge in [-0.15, -0.1) is 0 Å². The number of nitrogens with zero attached hydrogens (tertiary/aromatic N) is 3. The van der Waals surface area contributed by atoms with Crippen molar-refractivity contribution in [2.45, 2.75) is 219 Å². The van der Waals surface area contributed by atoms with E-state index in [1.165, 1.54) is 25.7 Å². The molecule has 3 amide bonds. The number of rotatable bonds is 56. The van der Waals surface area contributed by atoms with Crippen molar-refractivity contribution in [1.82, 2.24) is 44.8 Å². The Morgan fingerprint density at radius 3 is 1.06 bits per heavy atom. The number of amides is 3. The summed E-state index contributed by atoms with van der Waals surface area (Å²) in [5, 5.41) is 12.7. The summed E-state index contributed by atoms with van der Waals surface area (Å²) in [6, 6.07) is 31.9. The maximum atomic E-state index is 14.1. The molecule has 0 aromatic heterocycles. The van der Waals surface area contributed by atoms with Crippen molar-refractivity contribution in [2.24, 2.45) is 0 Å². The van der Waals surface area contributed by atoms with Crippen molar-refractivity contribution in [3.8, 4) is 0 Å². The van der Waals surface area contributed by atoms with Crippen LogP contribution in [0.25, 0.3) is 0 Å². The third-order valence-corrected chi connectivity index (χ3v) is 28.9. The van der Waals surface area contributed by atoms with E-state index in [9.17, 15) is 39.6 Å². The van der Waals surface area contributed by atoms with Crippen LogP contribution in [0.15, 0.2) is 124 Å². The zero-order valence-electron chi connectivity index (χ0n) is 70.7. The number of hydrogen-bond acceptors (Lipinski definition) is 16. The quantitative estimate of drug-likeness (QED) is 0.0194. The number of carbonyl (C=O) groups excluding carboxylic acids is 3. The minimum atomic E-state index is -3.88. The first-order valence-electron chi connectivity index (χ1n) is 43.1. The van der Waals surface area contributed by atoms with E-state index in [2.05, 4.69) is 51.7 Å². The standard InChI is InChI=1S/C90H125Cl6N9O13S3/c1-5-6-7-8-9-14-17-20-32-89(108)102-90(35-21-18-15-12-10-11-13-16-19-22-38-99-119(109,110)72-29-23-26-66(51-72)78-60-103(2)63-81-75(78)54-69(91)57-84(81)94,36-33-87(106)97-39-43-115-47-49-117-45-41-100-120(111,112)73-30-24-27-67(52-73)79-61-104(3)64-82-76(79)55-70(92)58-85(82)95)37-34-88(107)98-40-44-116-48-50-118-46-42-101-121(113,114)74-31-25-28-68(53-74)80-62-105(4)65-83-77(80)56-71(93)59-86(83)96/h23-31,51-59,78-80,99-101H,5-22,32-50,60-65H2,1-4H3,(H,97,106)(H,98,107)(H,102,108)/t78-,79-,80-/m0/s1. The van der Waals surface area contributed by atoms with Gasteiger partial charge in [0.05, 0.1) is 67.5 Å². The zero-order chi connectivity index (χ0) is 86.8. The lowest BCUT2D eigenvalue weighted by molar-refractivity contribution is -0.126. The minimum absolute atomic E-state index is 0.0355. The van der Waals surface area contributed by atoms with Crippen LogP contribution >= 0.6 is 69.6 Å². The SMILES string of the molecule is CCCCCCCCCCC(=O)NC(CCCCCCCCCCCCNS(=O)(=O)c1cccc([C@@H]2CN(C)Cc3c(Cl)cc(Cl)cc32)c1)(CCC(=O)NCCOCCOCCNS(=O)(=O)c1cccc([C@@H]2CN(C)Cc3c(Cl)cc(Cl)cc32)c1)CCC(=O)NCCOCCOCCNS(=O)(=O)c1cccc([C@@H]2CN(C)Cc3c(Cl)cc(Cl)cc32)c1. The molecule has 3 aliphatic heterocycles. The fraction of sp³-hybridized carbons (Fsp3) is 0.567. The highest BCUT2D eigenvalue weighted by atomic mass is 35.5. The number of likely N-dealkylation sites (N-methyl/N-ethyl adjacent to an activating group) is 3. The third kappa shape index (κ3) is 32.6. The van der Waals surface area contributed by atoms with Crippen LogP contribution in [0.1, 0.15) is 229 Å². The maximum absolute atomic E-state index is 14.1. The van der Waals surface area contributed by atoms with Crippen LogP contribution in [0, 0.1) is 0 Å². The van der Waals surface area contributed by atoms with Crippen LogP contribution in [0.4, 0.5) is 0 Å². The molecule has 121 heavy (non-hydrogen) atoms. The number of benzene rings is 6. The van der Waals surface area contributed by atoms with Gasteiger partial charge in [0, 0.05) is 145 Å². The Bertz CT molecular complexity index is 4490. The van der Waals surface area contributed by atoms with Gasteiger partial charge in [-0.25, -0.2) is 39.4 Å². The van der Waals surface area contributed by atoms with Gasteiger partial charge in [-0.1, -0.05) is 216 Å². The number of halogens is 6. The Labute approximate surface area is 749 Å². The average molecular weight is 1850 g/mol. The molecule has 3 aliphatic rings. The summed E-state index contributed by atoms with van der Waals surface area (Å²) in [5.41, 5.74) is 7.61. The number of carbonyl (C=O) groups is 3. The second-order valence-electron chi connectivity index (χ2n) is 32.5. The van der Waals surface area contributed by atoms with E-state index >= 15 is 0 Å². The molecule has 668 valence electrons. The van der Waals surface area contributed by atoms with Gasteiger partial charge in [0.15, 0.2) is 0 Å². The second-order valence-corrected chi connectivity index (χ2v) is 40.3. The number of ether oxygens (including phenoxy) is 4. The van der Waals surface area contributed by atoms with Crippen molar-refractivity contribution >= 4 is 117 Å². The van der Waals surface area contributed by atoms with Gasteiger partial charge >= 0.3 is 0 Å². The lowest BCUT2D eigenvalue weighted by atomic mass is 9.82. The highest BCUT2D eigenvalue weighted by Gasteiger charge is 2.35. The van der Waals surface area contributed by atoms with Crippen LogP contribution in [0.3, 0.4) is 0 Å². The number of fused-ring (bicyclic) bond motifs is 3. The second kappa shape index (κ2) is 51.1. The predicted octanol–water partition coefficient (Wildman–Crippen LogP) is 17.1. The van der Waals surface area contributed by atoms with Crippen LogP contribution in [-0.2, 0) is 83.0 Å². The predicted molar refractivity (Wildman–Crippen MR) is 485 cm³/mol. The van der Waals surface area contributed by atoms with Gasteiger partial charge < -0.3 is 49.6 Å². The third-order valence-electron chi connectivity index (χ3n) is 22.8. The highest BCUT2D eigenvalue weighted by molar-refractivity contribution is 7.90. The van der Waals surface area contributed by atoms with Crippen molar-refractivity contribution < 1.29 is 58.6 Å². The molecule has 0 radical (unpaired) electrons. The largest absolute Gasteiger partial charge is 0.378 e. The first kappa shape index (κ1) is 99.7. The Kier molecular flexibility index (Phi) is 42.1. The van der Waals surface area contributed by atoms with Crippen LogP contribution in [0.2, 0.25) is 30.1 Å². The van der Waals surface area contributed by atoms with Crippen LogP contribution in [-0.4, -0.2) is 190 Å². The molecule has 3 atom stereocenters. The summed E-state index contributed by atoms with van der Waals surface area (Å²) in [6.45, 7) is 8.48. The summed E-state index contributed by atoms with van der Waals surface area (Å²) >= 11 is 39.1. The van der Waals surface area contributed by atoms with E-state index in [-0.39, 0.29) is 142 Å². The minimum Gasteiger partial charge on any atom is -0.378 e. The molecule has 0 saturated heterocycles. The Morgan fingerprint density at radius 1 is 0.372 bits per heavy atom. The smallest absolute Gasteiger partial charge is 0.240 e. The summed E-state index contributed by atoms with van der Waals surface area (Å²) in [7, 11) is -5.48. The van der Waals surface area contributed by atoms with Crippen LogP contribution in [0.5, 0.6) is 0 Å². The zero-order valence-corrected chi connectivity index (χ0v) is 77.7. The van der Waals surface area contributed by atoms with E-state index in [0.717, 1.165) is 140 Å². The van der Waals surface area contributed by atoms with Crippen molar-refractivity contribution in [1.29, 1.82) is 0 Å². The van der Waals surface area contributed by atoms with Crippen molar-refractivity contribution in [3.05, 3.63) is 189 Å². The van der Waals surface area contributed by atoms with E-state index < -0.39 is 35.6 Å². The first-order chi connectivity index (χ1) is 58.1. The molecule has 22 nitrogen and oxygen atoms in total. The van der Waals surface area contributed by atoms with Gasteiger partial charge in [0.1, 0.15) is 0 Å². The lowest BCUT2D eigenvalue weighted by Gasteiger charge is -2.35. The van der Waals surface area contributed by atoms with E-state index in [1.807, 2.05) is 57.5 Å². The fourth-order valence-corrected chi connectivity index (χ4v) is 21.4. The van der Waals surface area contributed by atoms with Crippen molar-refractivity contribution in [3.63, 3.8) is 0 Å². The molecule has 31 heteroatoms. The van der Waals surface area contributed by atoms with Crippen LogP contribution < -0.4 is 30.1 Å². The van der Waals surface area contributed by atoms with Gasteiger partial charge in [-0.2, -0.15) is 0 Å². The summed E-state index contributed by atoms with van der Waals surface area (Å²) < 4.78 is 112. The molecular weight excluding hydrogens is 1720 g/mol. The fourth-order valence-electron chi connectivity index (χ4n) is 16.4. The molecule has 0 fully saturated rings. The summed E-state index contributed by atoms with van der Waals surface area (Å²) in [5.74, 6) is -0.893. The van der Waals surface area contributed by atoms with Gasteiger partial charge in [0.25, 0.3) is 0 Å². The summed E-state index contributed by atoms with van der Waals surface area (Å²) in [6.07, 6.45) is 19.7. The molecule has 3 heterocycles. The molecule has 0 aliphatic carbocycles. The van der Waals surface area contributed by atoms with E-state index in [4.69, 9.17) is 88.6 Å². The molecule has 9 rings (SSSR count). The van der Waals surface area contributed by atoms with Gasteiger partial charge in [-0.05, 0) is 176 Å². The maximum Gasteiger partial charge on any atom is 0.240 e. The van der Waals surface area contributed by atoms with Gasteiger partial charge in [0.2, 0.25) is 47.8 Å². The lowest BCUT2D eigenvalue weighted by Crippen LogP contribution is -2.50. The molecule has 0 unspecified atom stereocenters. The average Bonchev–Trinajstić information content (AvgIpc) is 0.760. The van der Waals surface area contributed by atoms with E-state index in [1.54, 1.807) is 72.8 Å². The molecular formula is C90H125Cl6N9O13S3. The number of unbranched alkanes of at least 4 members (excludes halogenated alkanes) is 16. The number of nitrogens with one attached hydrogen (secondary N) is 6. The molecule has 6 aromatic rings. The van der Waals surface area contributed by atoms with Crippen molar-refractivity contribution in [2.75, 3.05) is 126 Å². The molecule has 0 bridgehead atoms. The Morgan fingerprint density at radius 2 is 0.694 bits per heavy atom. The molecule has 6 N–H and O–H groups in total. The molecule has 0 spiro atoms. The Hall–Kier alpha value is -5.08. The monoisotopic (exact) mass is 1850 g/mol. The molecule has 0 saturated carbocycles. The van der Waals surface area contributed by atoms with Gasteiger partial charge in [-0.3, -0.25) is 14.4 Å². The first-order valence-corrected chi connectivity index (χ1v) is 49.8. The Balaban J connectivity index is 0.715. The molecule has 6 aromatic carbocycles. The topological polar surface area (TPSA) is 272 Å².